The van der Waals surface area contributed by atoms with Crippen molar-refractivity contribution in [3.63, 3.8) is 0 Å². The highest BCUT2D eigenvalue weighted by atomic mass is 79.9. The highest BCUT2D eigenvalue weighted by Gasteiger charge is 2.53. The molecule has 162 valence electrons. The third kappa shape index (κ3) is 5.73. The molecular weight excluding hydrogens is 522 g/mol. The average molecular weight is 551 g/mol. The summed E-state index contributed by atoms with van der Waals surface area (Å²) >= 11 is 8.68. The molecule has 0 saturated heterocycles. The first-order valence-electron chi connectivity index (χ1n) is 9.85. The van der Waals surface area contributed by atoms with Crippen molar-refractivity contribution >= 4 is 49.1 Å². The van der Waals surface area contributed by atoms with E-state index >= 15 is 0 Å². The van der Waals surface area contributed by atoms with Gasteiger partial charge in [-0.1, -0.05) is 18.6 Å². The van der Waals surface area contributed by atoms with Crippen LogP contribution in [-0.2, 0) is 11.2 Å². The van der Waals surface area contributed by atoms with Crippen LogP contribution >= 0.6 is 43.2 Å². The van der Waals surface area contributed by atoms with E-state index in [-0.39, 0.29) is 18.1 Å². The number of primary amides is 1. The van der Waals surface area contributed by atoms with E-state index in [4.69, 9.17) is 5.73 Å². The summed E-state index contributed by atoms with van der Waals surface area (Å²) in [5.41, 5.74) is 4.67. The fourth-order valence-electron chi connectivity index (χ4n) is 4.09. The van der Waals surface area contributed by atoms with Gasteiger partial charge in [-0.05, 0) is 94.3 Å². The number of amides is 1. The minimum atomic E-state index is -2.06. The maximum absolute atomic E-state index is 12.1. The van der Waals surface area contributed by atoms with Crippen LogP contribution in [0.25, 0.3) is 0 Å². The van der Waals surface area contributed by atoms with Gasteiger partial charge in [-0.25, -0.2) is 0 Å². The van der Waals surface area contributed by atoms with Gasteiger partial charge in [0.05, 0.1) is 15.6 Å². The second-order valence-corrected chi connectivity index (χ2v) is 10.5. The van der Waals surface area contributed by atoms with Crippen molar-refractivity contribution < 1.29 is 20.1 Å². The molecule has 0 radical (unpaired) electrons. The summed E-state index contributed by atoms with van der Waals surface area (Å²) in [6.07, 6.45) is 8.43. The predicted octanol–water partition coefficient (Wildman–Crippen LogP) is 5.00. The molecule has 5 N–H and O–H groups in total. The molecule has 4 atom stereocenters. The third-order valence-corrected chi connectivity index (χ3v) is 9.19. The van der Waals surface area contributed by atoms with E-state index < -0.39 is 23.5 Å². The van der Waals surface area contributed by atoms with Gasteiger partial charge in [0.25, 0.3) is 5.91 Å². The number of nitrogens with two attached hydrogens (primary N) is 1. The van der Waals surface area contributed by atoms with E-state index in [1.54, 1.807) is 36.5 Å². The lowest BCUT2D eigenvalue weighted by atomic mass is 9.74. The summed E-state index contributed by atoms with van der Waals surface area (Å²) in [5.74, 6) is -1.74. The lowest BCUT2D eigenvalue weighted by Crippen LogP contribution is -2.59. The number of hydrogen-bond donors (Lipinski definition) is 4. The summed E-state index contributed by atoms with van der Waals surface area (Å²) in [6, 6.07) is 0. The molecule has 1 aromatic heterocycles. The highest BCUT2D eigenvalue weighted by Crippen LogP contribution is 2.44. The monoisotopic (exact) mass is 549 g/mol. The van der Waals surface area contributed by atoms with Crippen LogP contribution in [-0.4, -0.2) is 32.9 Å². The molecule has 1 aromatic rings. The SMILES string of the molecule is C/C=C\C[C@@H](O)C(O)(C(N)=O)C1CCC[C@@H]1/C(O)=C\CCCc1csc(Br)c1Br. The zero-order chi connectivity index (χ0) is 21.6. The molecule has 0 bridgehead atoms. The number of thiophene rings is 1. The van der Waals surface area contributed by atoms with Crippen LogP contribution < -0.4 is 5.73 Å². The normalized spacial score (nSPS) is 23.4. The van der Waals surface area contributed by atoms with Gasteiger partial charge in [0.1, 0.15) is 0 Å². The van der Waals surface area contributed by atoms with Crippen molar-refractivity contribution in [2.75, 3.05) is 0 Å². The number of rotatable bonds is 10. The van der Waals surface area contributed by atoms with Crippen LogP contribution in [0.1, 0.15) is 51.0 Å². The van der Waals surface area contributed by atoms with Gasteiger partial charge in [0.15, 0.2) is 5.60 Å². The van der Waals surface area contributed by atoms with Gasteiger partial charge >= 0.3 is 0 Å². The minimum absolute atomic E-state index is 0.134. The Hall–Kier alpha value is -0.670. The Balaban J connectivity index is 2.05. The number of aliphatic hydroxyl groups is 3. The molecule has 8 heteroatoms. The maximum atomic E-state index is 12.1. The number of carbonyl (C=O) groups excluding carboxylic acids is 1. The number of aryl methyl sites for hydroxylation is 1. The molecule has 2 rings (SSSR count). The van der Waals surface area contributed by atoms with Gasteiger partial charge in [0.2, 0.25) is 0 Å². The zero-order valence-corrected chi connectivity index (χ0v) is 20.5. The highest BCUT2D eigenvalue weighted by molar-refractivity contribution is 9.13. The Morgan fingerprint density at radius 3 is 2.76 bits per heavy atom. The van der Waals surface area contributed by atoms with E-state index in [1.165, 1.54) is 5.56 Å². The summed E-state index contributed by atoms with van der Waals surface area (Å²) < 4.78 is 2.15. The smallest absolute Gasteiger partial charge is 0.252 e. The van der Waals surface area contributed by atoms with Crippen LogP contribution in [0.3, 0.4) is 0 Å². The van der Waals surface area contributed by atoms with Crippen LogP contribution in [0.2, 0.25) is 0 Å². The Labute approximate surface area is 193 Å². The van der Waals surface area contributed by atoms with Gasteiger partial charge in [-0.2, -0.15) is 0 Å². The van der Waals surface area contributed by atoms with Gasteiger partial charge < -0.3 is 21.1 Å². The van der Waals surface area contributed by atoms with E-state index in [0.717, 1.165) is 27.5 Å². The van der Waals surface area contributed by atoms with Crippen molar-refractivity contribution in [2.24, 2.45) is 17.6 Å². The molecule has 1 aliphatic rings. The molecular formula is C21H29Br2NO4S. The molecule has 1 amide bonds. The minimum Gasteiger partial charge on any atom is -0.512 e. The van der Waals surface area contributed by atoms with Crippen LogP contribution in [0.4, 0.5) is 0 Å². The fourth-order valence-corrected chi connectivity index (χ4v) is 6.09. The topological polar surface area (TPSA) is 104 Å². The number of unbranched alkanes of at least 4 members (excludes halogenated alkanes) is 1. The van der Waals surface area contributed by atoms with Crippen molar-refractivity contribution in [3.8, 4) is 0 Å². The predicted molar refractivity (Wildman–Crippen MR) is 124 cm³/mol. The Kier molecular flexibility index (Phi) is 9.41. The number of allylic oxidation sites excluding steroid dienone is 3. The number of aliphatic hydroxyl groups excluding tert-OH is 2. The Morgan fingerprint density at radius 2 is 2.17 bits per heavy atom. The first-order valence-corrected chi connectivity index (χ1v) is 12.3. The second-order valence-electron chi connectivity index (χ2n) is 7.52. The first-order chi connectivity index (χ1) is 13.7. The van der Waals surface area contributed by atoms with Crippen LogP contribution in [0.5, 0.6) is 0 Å². The second kappa shape index (κ2) is 11.1. The fraction of sp³-hybridized carbons (Fsp3) is 0.571. The zero-order valence-electron chi connectivity index (χ0n) is 16.5. The summed E-state index contributed by atoms with van der Waals surface area (Å²) in [4.78, 5) is 12.1. The molecule has 0 aliphatic heterocycles. The lowest BCUT2D eigenvalue weighted by molar-refractivity contribution is -0.162. The summed E-state index contributed by atoms with van der Waals surface area (Å²) in [5, 5.41) is 34.3. The lowest BCUT2D eigenvalue weighted by Gasteiger charge is -2.38. The molecule has 29 heavy (non-hydrogen) atoms. The van der Waals surface area contributed by atoms with Crippen LogP contribution in [0, 0.1) is 11.8 Å². The van der Waals surface area contributed by atoms with Crippen molar-refractivity contribution in [1.82, 2.24) is 0 Å². The van der Waals surface area contributed by atoms with Crippen molar-refractivity contribution in [1.29, 1.82) is 0 Å². The van der Waals surface area contributed by atoms with Crippen molar-refractivity contribution in [3.05, 3.63) is 43.2 Å². The van der Waals surface area contributed by atoms with E-state index in [9.17, 15) is 20.1 Å². The molecule has 1 fully saturated rings. The van der Waals surface area contributed by atoms with E-state index in [0.29, 0.717) is 19.3 Å². The molecule has 1 aliphatic carbocycles. The maximum Gasteiger partial charge on any atom is 0.252 e. The number of carbonyl (C=O) groups is 1. The van der Waals surface area contributed by atoms with E-state index in [2.05, 4.69) is 37.2 Å². The standard InChI is InChI=1S/C21H29Br2NO4S/c1-2-3-11-17(26)21(28,20(24)27)15-9-6-8-14(15)16(25)10-5-4-7-13-12-29-19(23)18(13)22/h2-3,10,12,14-15,17,25-26,28H,4-9,11H2,1H3,(H2,24,27)/b3-2-,16-10+/t14-,15?,17+,21?/m0/s1. The molecule has 1 saturated carbocycles. The van der Waals surface area contributed by atoms with Crippen molar-refractivity contribution in [2.45, 2.75) is 63.6 Å². The quantitative estimate of drug-likeness (QED) is 0.187. The third-order valence-electron chi connectivity index (χ3n) is 5.72. The van der Waals surface area contributed by atoms with Gasteiger partial charge in [-0.3, -0.25) is 4.79 Å². The van der Waals surface area contributed by atoms with Crippen LogP contribution in [0.15, 0.2) is 37.6 Å². The van der Waals surface area contributed by atoms with Gasteiger partial charge in [0, 0.05) is 16.3 Å². The molecule has 1 heterocycles. The van der Waals surface area contributed by atoms with E-state index in [1.807, 2.05) is 0 Å². The summed E-state index contributed by atoms with van der Waals surface area (Å²) in [6.45, 7) is 1.80. The largest absolute Gasteiger partial charge is 0.512 e. The van der Waals surface area contributed by atoms with Gasteiger partial charge in [-0.15, -0.1) is 11.3 Å². The number of hydrogen-bond acceptors (Lipinski definition) is 5. The molecule has 5 nitrogen and oxygen atoms in total. The molecule has 2 unspecified atom stereocenters. The molecule has 0 aromatic carbocycles. The first kappa shape index (κ1) is 24.6. The number of halogens is 2. The molecule has 0 spiro atoms. The average Bonchev–Trinajstić information content (AvgIpc) is 3.30. The summed E-state index contributed by atoms with van der Waals surface area (Å²) in [7, 11) is 0. The Bertz CT molecular complexity index is 764. The Morgan fingerprint density at radius 1 is 1.45 bits per heavy atom.